The molecule has 2 aromatic rings. The second-order valence-electron chi connectivity index (χ2n) is 7.90. The van der Waals surface area contributed by atoms with Gasteiger partial charge in [-0.2, -0.15) is 0 Å². The van der Waals surface area contributed by atoms with Crippen LogP contribution in [0.3, 0.4) is 0 Å². The van der Waals surface area contributed by atoms with Crippen molar-refractivity contribution in [2.45, 2.75) is 37.5 Å². The Morgan fingerprint density at radius 1 is 1.10 bits per heavy atom. The van der Waals surface area contributed by atoms with Gasteiger partial charge in [-0.25, -0.2) is 0 Å². The molecule has 0 heterocycles. The lowest BCUT2D eigenvalue weighted by molar-refractivity contribution is -0.121. The van der Waals surface area contributed by atoms with E-state index in [-0.39, 0.29) is 5.91 Å². The molecule has 0 atom stereocenters. The minimum absolute atomic E-state index is 0.0149. The third kappa shape index (κ3) is 5.44. The summed E-state index contributed by atoms with van der Waals surface area (Å²) in [5.74, 6) is 0.789. The molecule has 0 bridgehead atoms. The van der Waals surface area contributed by atoms with Crippen LogP contribution in [-0.4, -0.2) is 38.1 Å². The van der Waals surface area contributed by atoms with Crippen LogP contribution in [0.25, 0.3) is 0 Å². The van der Waals surface area contributed by atoms with E-state index in [1.165, 1.54) is 0 Å². The van der Waals surface area contributed by atoms with Crippen LogP contribution >= 0.6 is 23.2 Å². The van der Waals surface area contributed by atoms with Gasteiger partial charge in [-0.3, -0.25) is 4.79 Å². The molecule has 0 saturated heterocycles. The van der Waals surface area contributed by atoms with Crippen LogP contribution in [0.5, 0.6) is 5.75 Å². The van der Waals surface area contributed by atoms with Gasteiger partial charge in [-0.15, -0.1) is 0 Å². The molecule has 1 aliphatic rings. The van der Waals surface area contributed by atoms with E-state index in [1.54, 1.807) is 12.1 Å². The average molecular weight is 435 g/mol. The Hall–Kier alpha value is -1.75. The molecule has 1 N–H and O–H groups in total. The Morgan fingerprint density at radius 2 is 1.79 bits per heavy atom. The first-order chi connectivity index (χ1) is 13.9. The first kappa shape index (κ1) is 21.9. The zero-order valence-corrected chi connectivity index (χ0v) is 18.5. The van der Waals surface area contributed by atoms with E-state index in [0.717, 1.165) is 55.6 Å². The number of hydrogen-bond acceptors (Lipinski definition) is 3. The van der Waals surface area contributed by atoms with Crippen LogP contribution in [0.2, 0.25) is 10.0 Å². The molecule has 2 aromatic carbocycles. The van der Waals surface area contributed by atoms with Gasteiger partial charge in [0.05, 0.1) is 12.0 Å². The maximum Gasteiger partial charge on any atom is 0.235 e. The van der Waals surface area contributed by atoms with Gasteiger partial charge in [0, 0.05) is 22.3 Å². The molecule has 156 valence electrons. The van der Waals surface area contributed by atoms with Crippen LogP contribution in [0.4, 0.5) is 5.69 Å². The van der Waals surface area contributed by atoms with Crippen molar-refractivity contribution in [3.05, 3.63) is 58.1 Å². The van der Waals surface area contributed by atoms with Gasteiger partial charge in [0.1, 0.15) is 5.75 Å². The van der Waals surface area contributed by atoms with Crippen molar-refractivity contribution < 1.29 is 9.53 Å². The van der Waals surface area contributed by atoms with Gasteiger partial charge in [0.25, 0.3) is 0 Å². The van der Waals surface area contributed by atoms with Gasteiger partial charge in [0.2, 0.25) is 5.91 Å². The molecule has 0 spiro atoms. The van der Waals surface area contributed by atoms with Crippen LogP contribution in [-0.2, 0) is 10.2 Å². The minimum Gasteiger partial charge on any atom is -0.494 e. The first-order valence-corrected chi connectivity index (χ1v) is 10.8. The van der Waals surface area contributed by atoms with Crippen molar-refractivity contribution in [1.82, 2.24) is 4.90 Å². The third-order valence-corrected chi connectivity index (χ3v) is 6.02. The third-order valence-electron chi connectivity index (χ3n) is 5.47. The number of nitrogens with zero attached hydrogens (tertiary/aromatic N) is 1. The SMILES string of the molecule is CN(C)CCCOc1ccc(NC(=O)C2(c3ccc(Cl)cc3Cl)CCCC2)cc1. The monoisotopic (exact) mass is 434 g/mol. The Morgan fingerprint density at radius 3 is 2.41 bits per heavy atom. The van der Waals surface area contributed by atoms with Crippen LogP contribution in [0, 0.1) is 0 Å². The molecule has 1 aliphatic carbocycles. The Labute approximate surface area is 183 Å². The fraction of sp³-hybridized carbons (Fsp3) is 0.435. The van der Waals surface area contributed by atoms with E-state index in [2.05, 4.69) is 10.2 Å². The van der Waals surface area contributed by atoms with Crippen molar-refractivity contribution in [2.24, 2.45) is 0 Å². The standard InChI is InChI=1S/C23H28Cl2N2O2/c1-27(2)14-5-15-29-19-9-7-18(8-10-19)26-22(28)23(12-3-4-13-23)20-11-6-17(24)16-21(20)25/h6-11,16H,3-5,12-15H2,1-2H3,(H,26,28). The molecule has 0 radical (unpaired) electrons. The maximum atomic E-state index is 13.3. The number of carbonyl (C=O) groups excluding carboxylic acids is 1. The molecule has 0 unspecified atom stereocenters. The number of halogens is 2. The molecule has 3 rings (SSSR count). The Kier molecular flexibility index (Phi) is 7.44. The molecule has 1 amide bonds. The van der Waals surface area contributed by atoms with Crippen molar-refractivity contribution in [3.63, 3.8) is 0 Å². The summed E-state index contributed by atoms with van der Waals surface area (Å²) in [6.07, 6.45) is 4.55. The number of nitrogens with one attached hydrogen (secondary N) is 1. The molecule has 0 aromatic heterocycles. The van der Waals surface area contributed by atoms with Gasteiger partial charge in [-0.1, -0.05) is 42.1 Å². The van der Waals surface area contributed by atoms with Crippen molar-refractivity contribution in [3.8, 4) is 5.75 Å². The first-order valence-electron chi connectivity index (χ1n) is 10.1. The molecular formula is C23H28Cl2N2O2. The maximum absolute atomic E-state index is 13.3. The van der Waals surface area contributed by atoms with Gasteiger partial charge in [-0.05, 0) is 75.3 Å². The number of ether oxygens (including phenoxy) is 1. The smallest absolute Gasteiger partial charge is 0.235 e. The lowest BCUT2D eigenvalue weighted by atomic mass is 9.78. The minimum atomic E-state index is -0.608. The van der Waals surface area contributed by atoms with Gasteiger partial charge in [0.15, 0.2) is 0 Å². The normalized spacial score (nSPS) is 15.5. The Balaban J connectivity index is 1.67. The number of hydrogen-bond donors (Lipinski definition) is 1. The fourth-order valence-electron chi connectivity index (χ4n) is 3.93. The molecule has 4 nitrogen and oxygen atoms in total. The summed E-state index contributed by atoms with van der Waals surface area (Å²) in [5.41, 5.74) is 1.01. The number of amides is 1. The number of carbonyl (C=O) groups is 1. The predicted octanol–water partition coefficient (Wildman–Crippen LogP) is 5.77. The zero-order valence-electron chi connectivity index (χ0n) is 17.0. The zero-order chi connectivity index (χ0) is 20.9. The topological polar surface area (TPSA) is 41.6 Å². The summed E-state index contributed by atoms with van der Waals surface area (Å²) in [6.45, 7) is 1.66. The van der Waals surface area contributed by atoms with E-state index in [0.29, 0.717) is 16.7 Å². The molecular weight excluding hydrogens is 407 g/mol. The quantitative estimate of drug-likeness (QED) is 0.535. The van der Waals surface area contributed by atoms with E-state index < -0.39 is 5.41 Å². The predicted molar refractivity (Wildman–Crippen MR) is 120 cm³/mol. The highest BCUT2D eigenvalue weighted by Gasteiger charge is 2.44. The summed E-state index contributed by atoms with van der Waals surface area (Å²) in [4.78, 5) is 15.4. The van der Waals surface area contributed by atoms with Crippen molar-refractivity contribution in [2.75, 3.05) is 32.6 Å². The molecule has 29 heavy (non-hydrogen) atoms. The molecule has 1 saturated carbocycles. The van der Waals surface area contributed by atoms with Crippen molar-refractivity contribution in [1.29, 1.82) is 0 Å². The van der Waals surface area contributed by atoms with E-state index in [9.17, 15) is 4.79 Å². The second kappa shape index (κ2) is 9.84. The summed E-state index contributed by atoms with van der Waals surface area (Å²) >= 11 is 12.5. The summed E-state index contributed by atoms with van der Waals surface area (Å²) in [7, 11) is 4.09. The van der Waals surface area contributed by atoms with Crippen LogP contribution < -0.4 is 10.1 Å². The second-order valence-corrected chi connectivity index (χ2v) is 8.74. The number of rotatable bonds is 8. The summed E-state index contributed by atoms with van der Waals surface area (Å²) in [6, 6.07) is 13.0. The van der Waals surface area contributed by atoms with Gasteiger partial charge >= 0.3 is 0 Å². The number of benzene rings is 2. The molecule has 0 aliphatic heterocycles. The van der Waals surface area contributed by atoms with Crippen LogP contribution in [0.15, 0.2) is 42.5 Å². The van der Waals surface area contributed by atoms with Gasteiger partial charge < -0.3 is 15.0 Å². The van der Waals surface area contributed by atoms with E-state index >= 15 is 0 Å². The van der Waals surface area contributed by atoms with Crippen molar-refractivity contribution >= 4 is 34.8 Å². The highest BCUT2D eigenvalue weighted by molar-refractivity contribution is 6.35. The molecule has 1 fully saturated rings. The largest absolute Gasteiger partial charge is 0.494 e. The van der Waals surface area contributed by atoms with E-state index in [4.69, 9.17) is 27.9 Å². The number of anilines is 1. The highest BCUT2D eigenvalue weighted by atomic mass is 35.5. The lowest BCUT2D eigenvalue weighted by Gasteiger charge is -2.29. The molecule has 6 heteroatoms. The average Bonchev–Trinajstić information content (AvgIpc) is 3.17. The summed E-state index contributed by atoms with van der Waals surface area (Å²) < 4.78 is 5.76. The van der Waals surface area contributed by atoms with E-state index in [1.807, 2.05) is 44.4 Å². The lowest BCUT2D eigenvalue weighted by Crippen LogP contribution is -2.38. The fourth-order valence-corrected chi connectivity index (χ4v) is 4.52. The Bertz CT molecular complexity index is 831. The van der Waals surface area contributed by atoms with Crippen LogP contribution in [0.1, 0.15) is 37.7 Å². The summed E-state index contributed by atoms with van der Waals surface area (Å²) in [5, 5.41) is 4.21. The highest BCUT2D eigenvalue weighted by Crippen LogP contribution is 2.45.